The first-order chi connectivity index (χ1) is 7.79. The molecule has 0 heterocycles. The van der Waals surface area contributed by atoms with Gasteiger partial charge in [0, 0.05) is 5.41 Å². The van der Waals surface area contributed by atoms with Gasteiger partial charge in [-0.3, -0.25) is 4.79 Å². The van der Waals surface area contributed by atoms with E-state index in [4.69, 9.17) is 0 Å². The zero-order valence-corrected chi connectivity index (χ0v) is 12.0. The van der Waals surface area contributed by atoms with Crippen molar-refractivity contribution in [2.75, 3.05) is 0 Å². The van der Waals surface area contributed by atoms with Crippen LogP contribution in [0.1, 0.15) is 66.7 Å². The van der Waals surface area contributed by atoms with Crippen LogP contribution >= 0.6 is 0 Å². The molecule has 2 aliphatic carbocycles. The van der Waals surface area contributed by atoms with Crippen LogP contribution in [-0.2, 0) is 4.79 Å². The number of ketones is 1. The number of Topliss-reactive ketones (excluding diaryl/α,β-unsaturated/α-hetero) is 1. The third kappa shape index (κ3) is 1.88. The van der Waals surface area contributed by atoms with Crippen LogP contribution < -0.4 is 0 Å². The fourth-order valence-electron chi connectivity index (χ4n) is 4.07. The molecular formula is C16H26O. The lowest BCUT2D eigenvalue weighted by molar-refractivity contribution is -0.128. The van der Waals surface area contributed by atoms with Crippen molar-refractivity contribution in [3.05, 3.63) is 11.1 Å². The van der Waals surface area contributed by atoms with Crippen LogP contribution in [0, 0.1) is 16.7 Å². The van der Waals surface area contributed by atoms with E-state index in [-0.39, 0.29) is 5.41 Å². The van der Waals surface area contributed by atoms with Crippen molar-refractivity contribution < 1.29 is 4.79 Å². The molecule has 0 fully saturated rings. The SMILES string of the molecule is CC(=O)[C@@]1(C)CCC2=C(C1C)C(C)(C)CCC2. The number of allylic oxidation sites excluding steroid dienone is 2. The Labute approximate surface area is 106 Å². The molecular weight excluding hydrogens is 208 g/mol. The first-order valence-electron chi connectivity index (χ1n) is 7.02. The van der Waals surface area contributed by atoms with E-state index in [2.05, 4.69) is 27.7 Å². The zero-order chi connectivity index (χ0) is 12.8. The molecule has 17 heavy (non-hydrogen) atoms. The Morgan fingerprint density at radius 3 is 2.41 bits per heavy atom. The second-order valence-corrected chi connectivity index (χ2v) is 6.95. The highest BCUT2D eigenvalue weighted by atomic mass is 16.1. The van der Waals surface area contributed by atoms with Gasteiger partial charge in [-0.2, -0.15) is 0 Å². The van der Waals surface area contributed by atoms with Gasteiger partial charge < -0.3 is 0 Å². The van der Waals surface area contributed by atoms with Gasteiger partial charge in [0.1, 0.15) is 5.78 Å². The lowest BCUT2D eigenvalue weighted by atomic mass is 9.55. The predicted molar refractivity (Wildman–Crippen MR) is 71.8 cm³/mol. The maximum atomic E-state index is 12.0. The number of carbonyl (C=O) groups is 1. The molecule has 1 unspecified atom stereocenters. The molecule has 0 saturated heterocycles. The summed E-state index contributed by atoms with van der Waals surface area (Å²) in [5.74, 6) is 0.803. The Kier molecular flexibility index (Phi) is 3.00. The summed E-state index contributed by atoms with van der Waals surface area (Å²) < 4.78 is 0. The second-order valence-electron chi connectivity index (χ2n) is 6.95. The minimum atomic E-state index is -0.118. The van der Waals surface area contributed by atoms with Crippen molar-refractivity contribution in [3.8, 4) is 0 Å². The van der Waals surface area contributed by atoms with Crippen LogP contribution in [0.3, 0.4) is 0 Å². The van der Waals surface area contributed by atoms with Crippen molar-refractivity contribution in [2.45, 2.75) is 66.7 Å². The molecule has 1 heteroatoms. The quantitative estimate of drug-likeness (QED) is 0.610. The number of carbonyl (C=O) groups excluding carboxylic acids is 1. The Bertz CT molecular complexity index is 375. The molecule has 0 aromatic heterocycles. The summed E-state index contributed by atoms with van der Waals surface area (Å²) in [5.41, 5.74) is 3.48. The van der Waals surface area contributed by atoms with Crippen molar-refractivity contribution >= 4 is 5.78 Å². The highest BCUT2D eigenvalue weighted by molar-refractivity contribution is 5.83. The molecule has 2 rings (SSSR count). The summed E-state index contributed by atoms with van der Waals surface area (Å²) >= 11 is 0. The maximum Gasteiger partial charge on any atom is 0.136 e. The summed E-state index contributed by atoms with van der Waals surface area (Å²) in [5, 5.41) is 0. The number of hydrogen-bond donors (Lipinski definition) is 0. The molecule has 0 saturated carbocycles. The minimum Gasteiger partial charge on any atom is -0.299 e. The lowest BCUT2D eigenvalue weighted by Crippen LogP contribution is -2.42. The van der Waals surface area contributed by atoms with Crippen LogP contribution in [0.2, 0.25) is 0 Å². The number of rotatable bonds is 1. The Morgan fingerprint density at radius 2 is 1.82 bits per heavy atom. The van der Waals surface area contributed by atoms with Gasteiger partial charge in [0.25, 0.3) is 0 Å². The molecule has 0 N–H and O–H groups in total. The van der Waals surface area contributed by atoms with Gasteiger partial charge in [0.15, 0.2) is 0 Å². The van der Waals surface area contributed by atoms with Gasteiger partial charge in [0.2, 0.25) is 0 Å². The molecule has 0 amide bonds. The van der Waals surface area contributed by atoms with Gasteiger partial charge in [-0.25, -0.2) is 0 Å². The topological polar surface area (TPSA) is 17.1 Å². The first kappa shape index (κ1) is 12.9. The fourth-order valence-corrected chi connectivity index (χ4v) is 4.07. The minimum absolute atomic E-state index is 0.118. The number of hydrogen-bond acceptors (Lipinski definition) is 1. The standard InChI is InChI=1S/C16H26O/c1-11-14-13(7-6-9-15(14,3)4)8-10-16(11,5)12(2)17/h11H,6-10H2,1-5H3/t11?,16-/m0/s1. The van der Waals surface area contributed by atoms with Crippen LogP contribution in [-0.4, -0.2) is 5.78 Å². The van der Waals surface area contributed by atoms with Crippen LogP contribution in [0.25, 0.3) is 0 Å². The highest BCUT2D eigenvalue weighted by Crippen LogP contribution is 2.54. The van der Waals surface area contributed by atoms with E-state index in [9.17, 15) is 4.79 Å². The van der Waals surface area contributed by atoms with Crippen molar-refractivity contribution in [1.82, 2.24) is 0 Å². The summed E-state index contributed by atoms with van der Waals surface area (Å²) in [4.78, 5) is 12.0. The first-order valence-corrected chi connectivity index (χ1v) is 7.02. The van der Waals surface area contributed by atoms with Gasteiger partial charge >= 0.3 is 0 Å². The van der Waals surface area contributed by atoms with E-state index in [1.165, 1.54) is 19.3 Å². The fraction of sp³-hybridized carbons (Fsp3) is 0.812. The molecule has 0 bridgehead atoms. The molecule has 96 valence electrons. The van der Waals surface area contributed by atoms with Gasteiger partial charge in [-0.15, -0.1) is 0 Å². The zero-order valence-electron chi connectivity index (χ0n) is 12.0. The van der Waals surface area contributed by atoms with Crippen LogP contribution in [0.4, 0.5) is 0 Å². The molecule has 0 aromatic rings. The molecule has 2 aliphatic rings. The monoisotopic (exact) mass is 234 g/mol. The Morgan fingerprint density at radius 1 is 1.18 bits per heavy atom. The van der Waals surface area contributed by atoms with E-state index in [1.54, 1.807) is 18.1 Å². The van der Waals surface area contributed by atoms with Crippen molar-refractivity contribution in [1.29, 1.82) is 0 Å². The Balaban J connectivity index is 2.45. The average Bonchev–Trinajstić information content (AvgIpc) is 2.22. The van der Waals surface area contributed by atoms with Crippen molar-refractivity contribution in [2.24, 2.45) is 16.7 Å². The molecule has 1 nitrogen and oxygen atoms in total. The Hall–Kier alpha value is -0.590. The summed E-state index contributed by atoms with van der Waals surface area (Å²) in [7, 11) is 0. The lowest BCUT2D eigenvalue weighted by Gasteiger charge is -2.48. The molecule has 0 radical (unpaired) electrons. The normalized spacial score (nSPS) is 36.6. The predicted octanol–water partition coefficient (Wildman–Crippen LogP) is 4.52. The molecule has 0 aliphatic heterocycles. The molecule has 0 aromatic carbocycles. The van der Waals surface area contributed by atoms with Crippen LogP contribution in [0.5, 0.6) is 0 Å². The van der Waals surface area contributed by atoms with Gasteiger partial charge in [0.05, 0.1) is 0 Å². The van der Waals surface area contributed by atoms with E-state index in [0.717, 1.165) is 12.8 Å². The largest absolute Gasteiger partial charge is 0.299 e. The van der Waals surface area contributed by atoms with E-state index < -0.39 is 0 Å². The van der Waals surface area contributed by atoms with Gasteiger partial charge in [-0.1, -0.05) is 38.8 Å². The summed E-state index contributed by atoms with van der Waals surface area (Å²) in [6.45, 7) is 11.0. The van der Waals surface area contributed by atoms with E-state index >= 15 is 0 Å². The molecule has 0 spiro atoms. The third-order valence-electron chi connectivity index (χ3n) is 5.53. The van der Waals surface area contributed by atoms with Crippen LogP contribution in [0.15, 0.2) is 11.1 Å². The summed E-state index contributed by atoms with van der Waals surface area (Å²) in [6, 6.07) is 0. The van der Waals surface area contributed by atoms with Crippen molar-refractivity contribution in [3.63, 3.8) is 0 Å². The van der Waals surface area contributed by atoms with E-state index in [0.29, 0.717) is 17.1 Å². The molecule has 2 atom stereocenters. The summed E-state index contributed by atoms with van der Waals surface area (Å²) in [6.07, 6.45) is 6.09. The maximum absolute atomic E-state index is 12.0. The second kappa shape index (κ2) is 3.96. The smallest absolute Gasteiger partial charge is 0.136 e. The van der Waals surface area contributed by atoms with Gasteiger partial charge in [-0.05, 0) is 50.4 Å². The van der Waals surface area contributed by atoms with E-state index in [1.807, 2.05) is 0 Å². The average molecular weight is 234 g/mol. The third-order valence-corrected chi connectivity index (χ3v) is 5.53. The highest BCUT2D eigenvalue weighted by Gasteiger charge is 2.46.